The van der Waals surface area contributed by atoms with Gasteiger partial charge in [0, 0.05) is 43.0 Å². The number of aryl methyl sites for hydroxylation is 2. The lowest BCUT2D eigenvalue weighted by Gasteiger charge is -2.25. The SMILES string of the molecule is CCN(CC)c1ccc(NC(=O)c2cc3c4c(c2)CCN4C(=O)CC3)c(C)c1. The van der Waals surface area contributed by atoms with Gasteiger partial charge in [-0.2, -0.15) is 0 Å². The molecule has 2 heterocycles. The molecule has 0 atom stereocenters. The van der Waals surface area contributed by atoms with Crippen molar-refractivity contribution in [3.8, 4) is 0 Å². The van der Waals surface area contributed by atoms with Crippen molar-refractivity contribution in [2.24, 2.45) is 0 Å². The van der Waals surface area contributed by atoms with Gasteiger partial charge in [0.15, 0.2) is 0 Å². The minimum atomic E-state index is -0.0897. The van der Waals surface area contributed by atoms with Gasteiger partial charge >= 0.3 is 0 Å². The summed E-state index contributed by atoms with van der Waals surface area (Å²) < 4.78 is 0. The Morgan fingerprint density at radius 3 is 2.46 bits per heavy atom. The number of anilines is 3. The van der Waals surface area contributed by atoms with Gasteiger partial charge in [0.2, 0.25) is 5.91 Å². The number of nitrogens with one attached hydrogen (secondary N) is 1. The molecule has 0 saturated heterocycles. The Kier molecular flexibility index (Phi) is 4.84. The van der Waals surface area contributed by atoms with Crippen LogP contribution in [0.5, 0.6) is 0 Å². The molecule has 0 spiro atoms. The Morgan fingerprint density at radius 1 is 1.07 bits per heavy atom. The van der Waals surface area contributed by atoms with Crippen LogP contribution in [0.1, 0.15) is 47.3 Å². The highest BCUT2D eigenvalue weighted by Crippen LogP contribution is 2.37. The van der Waals surface area contributed by atoms with Gasteiger partial charge < -0.3 is 15.1 Å². The van der Waals surface area contributed by atoms with Gasteiger partial charge in [0.1, 0.15) is 0 Å². The second kappa shape index (κ2) is 7.30. The van der Waals surface area contributed by atoms with Crippen LogP contribution in [0.4, 0.5) is 17.1 Å². The van der Waals surface area contributed by atoms with Gasteiger partial charge in [-0.15, -0.1) is 0 Å². The first-order chi connectivity index (χ1) is 13.5. The summed E-state index contributed by atoms with van der Waals surface area (Å²) in [4.78, 5) is 29.2. The average Bonchev–Trinajstić information content (AvgIpc) is 3.13. The molecule has 2 amide bonds. The third-order valence-electron chi connectivity index (χ3n) is 5.90. The average molecular weight is 377 g/mol. The van der Waals surface area contributed by atoms with Crippen LogP contribution in [0.15, 0.2) is 30.3 Å². The number of benzene rings is 2. The van der Waals surface area contributed by atoms with E-state index in [0.717, 1.165) is 60.5 Å². The molecule has 0 radical (unpaired) electrons. The van der Waals surface area contributed by atoms with Gasteiger partial charge in [0.25, 0.3) is 5.91 Å². The van der Waals surface area contributed by atoms with Crippen LogP contribution >= 0.6 is 0 Å². The van der Waals surface area contributed by atoms with Crippen LogP contribution in [0.3, 0.4) is 0 Å². The summed E-state index contributed by atoms with van der Waals surface area (Å²) in [5.74, 6) is 0.112. The highest BCUT2D eigenvalue weighted by molar-refractivity contribution is 6.06. The van der Waals surface area contributed by atoms with Crippen molar-refractivity contribution >= 4 is 28.9 Å². The summed E-state index contributed by atoms with van der Waals surface area (Å²) in [6.07, 6.45) is 2.08. The molecule has 5 heteroatoms. The summed E-state index contributed by atoms with van der Waals surface area (Å²) in [5.41, 5.74) is 7.03. The highest BCUT2D eigenvalue weighted by Gasteiger charge is 2.32. The third-order valence-corrected chi connectivity index (χ3v) is 5.90. The molecule has 2 aliphatic heterocycles. The standard InChI is InChI=1S/C23H27N3O2/c1-4-25(5-2)19-7-8-20(15(3)12-19)24-23(28)18-13-16-6-9-21(27)26-11-10-17(14-18)22(16)26/h7-8,12-14H,4-6,9-11H2,1-3H3,(H,24,28). The molecular weight excluding hydrogens is 350 g/mol. The molecule has 28 heavy (non-hydrogen) atoms. The number of hydrogen-bond acceptors (Lipinski definition) is 3. The number of nitrogens with zero attached hydrogens (tertiary/aromatic N) is 2. The number of rotatable bonds is 5. The Morgan fingerprint density at radius 2 is 1.79 bits per heavy atom. The van der Waals surface area contributed by atoms with Crippen molar-refractivity contribution in [3.05, 3.63) is 52.6 Å². The fourth-order valence-electron chi connectivity index (χ4n) is 4.36. The predicted molar refractivity (Wildman–Crippen MR) is 114 cm³/mol. The third kappa shape index (κ3) is 3.15. The quantitative estimate of drug-likeness (QED) is 0.859. The van der Waals surface area contributed by atoms with Gasteiger partial charge in [-0.1, -0.05) is 0 Å². The van der Waals surface area contributed by atoms with E-state index in [-0.39, 0.29) is 11.8 Å². The molecule has 0 aromatic heterocycles. The molecule has 0 aliphatic carbocycles. The van der Waals surface area contributed by atoms with Crippen molar-refractivity contribution in [1.82, 2.24) is 0 Å². The van der Waals surface area contributed by atoms with Crippen LogP contribution < -0.4 is 15.1 Å². The topological polar surface area (TPSA) is 52.7 Å². The van der Waals surface area contributed by atoms with Crippen LogP contribution in [-0.4, -0.2) is 31.4 Å². The minimum absolute atomic E-state index is 0.0897. The molecule has 5 nitrogen and oxygen atoms in total. The lowest BCUT2D eigenvalue weighted by atomic mass is 9.96. The zero-order valence-corrected chi connectivity index (χ0v) is 16.8. The van der Waals surface area contributed by atoms with Crippen LogP contribution in [0, 0.1) is 6.92 Å². The van der Waals surface area contributed by atoms with E-state index in [4.69, 9.17) is 0 Å². The summed E-state index contributed by atoms with van der Waals surface area (Å²) in [6, 6.07) is 10.1. The first kappa shape index (κ1) is 18.5. The maximum absolute atomic E-state index is 12.9. The number of carbonyl (C=O) groups is 2. The van der Waals surface area contributed by atoms with E-state index in [1.807, 2.05) is 30.0 Å². The van der Waals surface area contributed by atoms with Crippen molar-refractivity contribution < 1.29 is 9.59 Å². The van der Waals surface area contributed by atoms with Crippen molar-refractivity contribution in [1.29, 1.82) is 0 Å². The fourth-order valence-corrected chi connectivity index (χ4v) is 4.36. The lowest BCUT2D eigenvalue weighted by Crippen LogP contribution is -2.33. The number of carbonyl (C=O) groups excluding carboxylic acids is 2. The summed E-state index contributed by atoms with van der Waals surface area (Å²) >= 11 is 0. The van der Waals surface area contributed by atoms with E-state index in [2.05, 4.69) is 36.2 Å². The second-order valence-corrected chi connectivity index (χ2v) is 7.56. The first-order valence-electron chi connectivity index (χ1n) is 10.1. The van der Waals surface area contributed by atoms with Gasteiger partial charge in [-0.25, -0.2) is 0 Å². The molecule has 1 N–H and O–H groups in total. The van der Waals surface area contributed by atoms with Crippen LogP contribution in [-0.2, 0) is 17.6 Å². The Balaban J connectivity index is 1.58. The fraction of sp³-hybridized carbons (Fsp3) is 0.391. The molecule has 2 aliphatic rings. The minimum Gasteiger partial charge on any atom is -0.372 e. The number of amides is 2. The number of hydrogen-bond donors (Lipinski definition) is 1. The Bertz CT molecular complexity index is 947. The van der Waals surface area contributed by atoms with Crippen LogP contribution in [0.2, 0.25) is 0 Å². The smallest absolute Gasteiger partial charge is 0.255 e. The normalized spacial score (nSPS) is 14.8. The summed E-state index contributed by atoms with van der Waals surface area (Å²) in [6.45, 7) is 8.96. The van der Waals surface area contributed by atoms with Gasteiger partial charge in [-0.05, 0) is 80.6 Å². The van der Waals surface area contributed by atoms with Crippen molar-refractivity contribution in [2.75, 3.05) is 34.8 Å². The largest absolute Gasteiger partial charge is 0.372 e. The van der Waals surface area contributed by atoms with E-state index >= 15 is 0 Å². The monoisotopic (exact) mass is 377 g/mol. The van der Waals surface area contributed by atoms with E-state index in [0.29, 0.717) is 12.0 Å². The molecule has 0 bridgehead atoms. The molecule has 0 unspecified atom stereocenters. The zero-order valence-electron chi connectivity index (χ0n) is 16.8. The van der Waals surface area contributed by atoms with Crippen LogP contribution in [0.25, 0.3) is 0 Å². The molecule has 0 saturated carbocycles. The Hall–Kier alpha value is -2.82. The molecule has 2 aromatic rings. The molecule has 2 aromatic carbocycles. The summed E-state index contributed by atoms with van der Waals surface area (Å²) in [5, 5.41) is 3.07. The van der Waals surface area contributed by atoms with Gasteiger partial charge in [-0.3, -0.25) is 9.59 Å². The van der Waals surface area contributed by atoms with Crippen molar-refractivity contribution in [3.63, 3.8) is 0 Å². The van der Waals surface area contributed by atoms with Crippen molar-refractivity contribution in [2.45, 2.75) is 40.0 Å². The summed E-state index contributed by atoms with van der Waals surface area (Å²) in [7, 11) is 0. The lowest BCUT2D eigenvalue weighted by molar-refractivity contribution is -0.118. The van der Waals surface area contributed by atoms with E-state index in [1.54, 1.807) is 0 Å². The molecule has 0 fully saturated rings. The Labute approximate surface area is 166 Å². The van der Waals surface area contributed by atoms with E-state index in [1.165, 1.54) is 5.69 Å². The van der Waals surface area contributed by atoms with E-state index < -0.39 is 0 Å². The maximum Gasteiger partial charge on any atom is 0.255 e. The molecule has 146 valence electrons. The highest BCUT2D eigenvalue weighted by atomic mass is 16.2. The first-order valence-corrected chi connectivity index (χ1v) is 10.1. The predicted octanol–water partition coefficient (Wildman–Crippen LogP) is 3.93. The van der Waals surface area contributed by atoms with E-state index in [9.17, 15) is 9.59 Å². The molecule has 4 rings (SSSR count). The molecular formula is C23H27N3O2. The zero-order chi connectivity index (χ0) is 19.8. The second-order valence-electron chi connectivity index (χ2n) is 7.56. The maximum atomic E-state index is 12.9. The van der Waals surface area contributed by atoms with Gasteiger partial charge in [0.05, 0.1) is 5.69 Å².